The maximum atomic E-state index is 12.9. The van der Waals surface area contributed by atoms with E-state index in [-0.39, 0.29) is 5.91 Å². The molecule has 1 aromatic carbocycles. The van der Waals surface area contributed by atoms with Gasteiger partial charge in [0.15, 0.2) is 5.16 Å². The lowest BCUT2D eigenvalue weighted by atomic mass is 10.2. The summed E-state index contributed by atoms with van der Waals surface area (Å²) in [6.07, 6.45) is 2.23. The van der Waals surface area contributed by atoms with Crippen molar-refractivity contribution in [2.24, 2.45) is 0 Å². The predicted molar refractivity (Wildman–Crippen MR) is 109 cm³/mol. The lowest BCUT2D eigenvalue weighted by molar-refractivity contribution is -0.129. The smallest absolute Gasteiger partial charge is 0.233 e. The van der Waals surface area contributed by atoms with Gasteiger partial charge in [-0.3, -0.25) is 4.79 Å². The van der Waals surface area contributed by atoms with E-state index in [2.05, 4.69) is 38.3 Å². The average Bonchev–Trinajstić information content (AvgIpc) is 3.29. The normalized spacial score (nSPS) is 13.7. The molecule has 0 spiro atoms. The van der Waals surface area contributed by atoms with Crippen LogP contribution in [0.15, 0.2) is 53.0 Å². The standard InChI is InChI=1S/C20H22N4OS2/c1-15-21-22-20(23(15)12-16-6-3-2-4-7-16)27-14-19(25)24(17-9-10-17)13-18-8-5-11-26-18/h2-8,11,17H,9-10,12-14H2,1H3. The highest BCUT2D eigenvalue weighted by Gasteiger charge is 2.32. The molecule has 3 aromatic rings. The number of hydrogen-bond donors (Lipinski definition) is 0. The molecule has 1 aliphatic rings. The number of hydrogen-bond acceptors (Lipinski definition) is 5. The summed E-state index contributed by atoms with van der Waals surface area (Å²) in [6.45, 7) is 3.39. The first-order valence-electron chi connectivity index (χ1n) is 9.09. The van der Waals surface area contributed by atoms with Crippen molar-refractivity contribution >= 4 is 29.0 Å². The molecule has 4 rings (SSSR count). The van der Waals surface area contributed by atoms with Crippen LogP contribution in [0.4, 0.5) is 0 Å². The Bertz CT molecular complexity index is 888. The highest BCUT2D eigenvalue weighted by atomic mass is 32.2. The zero-order valence-corrected chi connectivity index (χ0v) is 16.9. The van der Waals surface area contributed by atoms with Gasteiger partial charge in [0, 0.05) is 10.9 Å². The highest BCUT2D eigenvalue weighted by molar-refractivity contribution is 7.99. The Hall–Kier alpha value is -2.12. The van der Waals surface area contributed by atoms with Crippen molar-refractivity contribution in [3.05, 3.63) is 64.1 Å². The zero-order chi connectivity index (χ0) is 18.6. The Kier molecular flexibility index (Phi) is 5.59. The third kappa shape index (κ3) is 4.59. The molecule has 0 N–H and O–H groups in total. The molecule has 0 saturated heterocycles. The fourth-order valence-corrected chi connectivity index (χ4v) is 4.58. The Morgan fingerprint density at radius 1 is 1.22 bits per heavy atom. The number of amides is 1. The summed E-state index contributed by atoms with van der Waals surface area (Å²) in [4.78, 5) is 16.1. The van der Waals surface area contributed by atoms with Gasteiger partial charge in [0.05, 0.1) is 18.8 Å². The van der Waals surface area contributed by atoms with E-state index in [9.17, 15) is 4.79 Å². The summed E-state index contributed by atoms with van der Waals surface area (Å²) >= 11 is 3.19. The van der Waals surface area contributed by atoms with Gasteiger partial charge in [-0.05, 0) is 36.8 Å². The SMILES string of the molecule is Cc1nnc(SCC(=O)N(Cc2cccs2)C2CC2)n1Cc1ccccc1. The lowest BCUT2D eigenvalue weighted by Crippen LogP contribution is -2.33. The van der Waals surface area contributed by atoms with E-state index in [4.69, 9.17) is 0 Å². The number of carbonyl (C=O) groups excluding carboxylic acids is 1. The molecular weight excluding hydrogens is 376 g/mol. The fourth-order valence-electron chi connectivity index (χ4n) is 3.00. The number of rotatable bonds is 8. The van der Waals surface area contributed by atoms with Crippen LogP contribution in [0.2, 0.25) is 0 Å². The minimum atomic E-state index is 0.183. The molecule has 2 heterocycles. The topological polar surface area (TPSA) is 51.0 Å². The van der Waals surface area contributed by atoms with Crippen LogP contribution in [0.25, 0.3) is 0 Å². The van der Waals surface area contributed by atoms with Gasteiger partial charge in [-0.25, -0.2) is 0 Å². The fraction of sp³-hybridized carbons (Fsp3) is 0.350. The Morgan fingerprint density at radius 3 is 2.74 bits per heavy atom. The number of thioether (sulfide) groups is 1. The second kappa shape index (κ2) is 8.27. The Morgan fingerprint density at radius 2 is 2.04 bits per heavy atom. The third-order valence-electron chi connectivity index (χ3n) is 4.62. The van der Waals surface area contributed by atoms with Crippen LogP contribution in [0.5, 0.6) is 0 Å². The Labute approximate surface area is 167 Å². The van der Waals surface area contributed by atoms with Crippen LogP contribution in [0.1, 0.15) is 29.1 Å². The molecule has 0 aliphatic heterocycles. The lowest BCUT2D eigenvalue weighted by Gasteiger charge is -2.21. The Balaban J connectivity index is 1.41. The number of benzene rings is 1. The first kappa shape index (κ1) is 18.3. The van der Waals surface area contributed by atoms with E-state index in [0.29, 0.717) is 11.8 Å². The van der Waals surface area contributed by atoms with Gasteiger partial charge in [-0.15, -0.1) is 21.5 Å². The molecule has 140 valence electrons. The molecule has 2 aromatic heterocycles. The van der Waals surface area contributed by atoms with Gasteiger partial charge in [-0.2, -0.15) is 0 Å². The molecule has 1 amide bonds. The minimum Gasteiger partial charge on any atom is -0.334 e. The maximum Gasteiger partial charge on any atom is 0.233 e. The van der Waals surface area contributed by atoms with Gasteiger partial charge < -0.3 is 9.47 Å². The molecule has 1 saturated carbocycles. The molecule has 1 aliphatic carbocycles. The number of nitrogens with zero attached hydrogens (tertiary/aromatic N) is 4. The highest BCUT2D eigenvalue weighted by Crippen LogP contribution is 2.30. The van der Waals surface area contributed by atoms with Crippen molar-refractivity contribution in [3.8, 4) is 0 Å². The summed E-state index contributed by atoms with van der Waals surface area (Å²) in [6, 6.07) is 14.8. The van der Waals surface area contributed by atoms with Crippen molar-refractivity contribution < 1.29 is 4.79 Å². The van der Waals surface area contributed by atoms with Crippen molar-refractivity contribution in [2.45, 2.75) is 44.1 Å². The van der Waals surface area contributed by atoms with Gasteiger partial charge >= 0.3 is 0 Å². The van der Waals surface area contributed by atoms with Crippen molar-refractivity contribution in [2.75, 3.05) is 5.75 Å². The average molecular weight is 399 g/mol. The molecule has 0 unspecified atom stereocenters. The number of thiophene rings is 1. The van der Waals surface area contributed by atoms with Gasteiger partial charge in [0.2, 0.25) is 5.91 Å². The van der Waals surface area contributed by atoms with Crippen LogP contribution in [0.3, 0.4) is 0 Å². The predicted octanol–water partition coefficient (Wildman–Crippen LogP) is 3.98. The van der Waals surface area contributed by atoms with E-state index in [0.717, 1.165) is 36.9 Å². The van der Waals surface area contributed by atoms with Crippen LogP contribution < -0.4 is 0 Å². The second-order valence-electron chi connectivity index (χ2n) is 6.72. The molecule has 0 atom stereocenters. The first-order valence-corrected chi connectivity index (χ1v) is 11.0. The molecule has 0 radical (unpaired) electrons. The summed E-state index contributed by atoms with van der Waals surface area (Å²) in [5.41, 5.74) is 1.20. The van der Waals surface area contributed by atoms with Gasteiger partial charge in [0.1, 0.15) is 5.82 Å². The summed E-state index contributed by atoms with van der Waals surface area (Å²) in [5.74, 6) is 1.45. The summed E-state index contributed by atoms with van der Waals surface area (Å²) < 4.78 is 2.08. The van der Waals surface area contributed by atoms with Crippen LogP contribution >= 0.6 is 23.1 Å². The monoisotopic (exact) mass is 398 g/mol. The second-order valence-corrected chi connectivity index (χ2v) is 8.70. The largest absolute Gasteiger partial charge is 0.334 e. The first-order chi connectivity index (χ1) is 13.2. The van der Waals surface area contributed by atoms with Crippen LogP contribution in [-0.4, -0.2) is 37.4 Å². The van der Waals surface area contributed by atoms with E-state index in [1.807, 2.05) is 36.1 Å². The molecule has 1 fully saturated rings. The van der Waals surface area contributed by atoms with E-state index < -0.39 is 0 Å². The van der Waals surface area contributed by atoms with Crippen LogP contribution in [0, 0.1) is 6.92 Å². The molecule has 5 nitrogen and oxygen atoms in total. The van der Waals surface area contributed by atoms with Crippen molar-refractivity contribution in [3.63, 3.8) is 0 Å². The summed E-state index contributed by atoms with van der Waals surface area (Å²) in [7, 11) is 0. The molecule has 7 heteroatoms. The molecular formula is C20H22N4OS2. The van der Waals surface area contributed by atoms with Crippen LogP contribution in [-0.2, 0) is 17.9 Å². The van der Waals surface area contributed by atoms with E-state index in [1.54, 1.807) is 11.3 Å². The van der Waals surface area contributed by atoms with E-state index >= 15 is 0 Å². The van der Waals surface area contributed by atoms with Gasteiger partial charge in [-0.1, -0.05) is 48.2 Å². The summed E-state index contributed by atoms with van der Waals surface area (Å²) in [5, 5.41) is 11.4. The van der Waals surface area contributed by atoms with Crippen molar-refractivity contribution in [1.82, 2.24) is 19.7 Å². The quantitative estimate of drug-likeness (QED) is 0.539. The number of aryl methyl sites for hydroxylation is 1. The molecule has 0 bridgehead atoms. The number of carbonyl (C=O) groups is 1. The van der Waals surface area contributed by atoms with Gasteiger partial charge in [0.25, 0.3) is 0 Å². The minimum absolute atomic E-state index is 0.183. The number of aromatic nitrogens is 3. The third-order valence-corrected chi connectivity index (χ3v) is 6.44. The zero-order valence-electron chi connectivity index (χ0n) is 15.2. The maximum absolute atomic E-state index is 12.9. The van der Waals surface area contributed by atoms with E-state index in [1.165, 1.54) is 22.2 Å². The molecule has 27 heavy (non-hydrogen) atoms. The van der Waals surface area contributed by atoms with Crippen molar-refractivity contribution in [1.29, 1.82) is 0 Å².